The summed E-state index contributed by atoms with van der Waals surface area (Å²) in [6, 6.07) is 1.42. The van der Waals surface area contributed by atoms with Crippen LogP contribution in [0.4, 0.5) is 0 Å². The lowest BCUT2D eigenvalue weighted by Gasteiger charge is -2.34. The second-order valence-electron chi connectivity index (χ2n) is 4.38. The van der Waals surface area contributed by atoms with Crippen LogP contribution in [0.1, 0.15) is 28.6 Å². The number of carbonyl (C=O) groups is 2. The molecule has 3 N–H and O–H groups in total. The van der Waals surface area contributed by atoms with E-state index >= 15 is 0 Å². The predicted octanol–water partition coefficient (Wildman–Crippen LogP) is 0.409. The monoisotopic (exact) mass is 291 g/mol. The standard InChI is InChI=1S/C14H17N3O2S/c1-2-11-13(18)16-7-8-17(11)14(19)12-10(4-3-6-15)5-9-20-12/h5,9,11H,2,6-8,15H2,1H3,(H,16,18). The van der Waals surface area contributed by atoms with Gasteiger partial charge in [0.1, 0.15) is 10.9 Å². The number of rotatable bonds is 2. The molecule has 2 amide bonds. The van der Waals surface area contributed by atoms with Crippen LogP contribution < -0.4 is 11.1 Å². The highest BCUT2D eigenvalue weighted by Gasteiger charge is 2.33. The van der Waals surface area contributed by atoms with E-state index in [-0.39, 0.29) is 18.4 Å². The molecule has 1 aliphatic heterocycles. The number of thiophene rings is 1. The van der Waals surface area contributed by atoms with Gasteiger partial charge in [0, 0.05) is 18.7 Å². The summed E-state index contributed by atoms with van der Waals surface area (Å²) < 4.78 is 0. The molecule has 1 fully saturated rings. The molecule has 0 bridgehead atoms. The maximum Gasteiger partial charge on any atom is 0.265 e. The van der Waals surface area contributed by atoms with Crippen molar-refractivity contribution in [2.24, 2.45) is 5.73 Å². The van der Waals surface area contributed by atoms with E-state index in [4.69, 9.17) is 5.73 Å². The van der Waals surface area contributed by atoms with Crippen molar-refractivity contribution in [1.29, 1.82) is 0 Å². The van der Waals surface area contributed by atoms with E-state index in [9.17, 15) is 9.59 Å². The number of hydrogen-bond acceptors (Lipinski definition) is 4. The van der Waals surface area contributed by atoms with Gasteiger partial charge in [0.15, 0.2) is 0 Å². The minimum absolute atomic E-state index is 0.0850. The first kappa shape index (κ1) is 14.6. The summed E-state index contributed by atoms with van der Waals surface area (Å²) in [5.41, 5.74) is 6.04. The summed E-state index contributed by atoms with van der Waals surface area (Å²) in [6.45, 7) is 3.19. The lowest BCUT2D eigenvalue weighted by Crippen LogP contribution is -2.56. The van der Waals surface area contributed by atoms with E-state index in [1.165, 1.54) is 11.3 Å². The van der Waals surface area contributed by atoms with Gasteiger partial charge in [0.2, 0.25) is 5.91 Å². The zero-order chi connectivity index (χ0) is 14.5. The van der Waals surface area contributed by atoms with Crippen LogP contribution in [0, 0.1) is 11.8 Å². The van der Waals surface area contributed by atoms with Crippen molar-refractivity contribution in [2.45, 2.75) is 19.4 Å². The number of nitrogens with one attached hydrogen (secondary N) is 1. The highest BCUT2D eigenvalue weighted by atomic mass is 32.1. The Kier molecular flexibility index (Phi) is 4.77. The summed E-state index contributed by atoms with van der Waals surface area (Å²) in [6.07, 6.45) is 0.604. The first-order chi connectivity index (χ1) is 9.69. The van der Waals surface area contributed by atoms with E-state index in [0.717, 1.165) is 0 Å². The van der Waals surface area contributed by atoms with Crippen LogP contribution in [0.3, 0.4) is 0 Å². The Hall–Kier alpha value is -1.84. The van der Waals surface area contributed by atoms with Crippen molar-refractivity contribution < 1.29 is 9.59 Å². The number of nitrogens with zero attached hydrogens (tertiary/aromatic N) is 1. The molecule has 1 atom stereocenters. The molecule has 1 aromatic heterocycles. The molecule has 2 heterocycles. The number of amides is 2. The molecule has 0 saturated carbocycles. The van der Waals surface area contributed by atoms with E-state index in [1.807, 2.05) is 18.4 Å². The quantitative estimate of drug-likeness (QED) is 0.775. The highest BCUT2D eigenvalue weighted by molar-refractivity contribution is 7.12. The van der Waals surface area contributed by atoms with Crippen LogP contribution in [-0.4, -0.2) is 42.4 Å². The molecule has 20 heavy (non-hydrogen) atoms. The Bertz CT molecular complexity index is 570. The van der Waals surface area contributed by atoms with Crippen molar-refractivity contribution in [2.75, 3.05) is 19.6 Å². The van der Waals surface area contributed by atoms with E-state index in [0.29, 0.717) is 30.0 Å². The number of hydrogen-bond donors (Lipinski definition) is 2. The second kappa shape index (κ2) is 6.55. The topological polar surface area (TPSA) is 75.4 Å². The third-order valence-electron chi connectivity index (χ3n) is 3.16. The largest absolute Gasteiger partial charge is 0.353 e. The summed E-state index contributed by atoms with van der Waals surface area (Å²) in [5, 5.41) is 4.62. The first-order valence-electron chi connectivity index (χ1n) is 6.54. The summed E-state index contributed by atoms with van der Waals surface area (Å²) >= 11 is 1.35. The molecule has 1 saturated heterocycles. The highest BCUT2D eigenvalue weighted by Crippen LogP contribution is 2.21. The number of piperazine rings is 1. The lowest BCUT2D eigenvalue weighted by molar-refractivity contribution is -0.127. The van der Waals surface area contributed by atoms with E-state index in [1.54, 1.807) is 4.90 Å². The van der Waals surface area contributed by atoms with Crippen LogP contribution in [0.5, 0.6) is 0 Å². The molecule has 2 rings (SSSR count). The third kappa shape index (κ3) is 2.84. The molecular weight excluding hydrogens is 274 g/mol. The molecule has 0 radical (unpaired) electrons. The Labute approximate surface area is 122 Å². The van der Waals surface area contributed by atoms with Gasteiger partial charge < -0.3 is 16.0 Å². The zero-order valence-corrected chi connectivity index (χ0v) is 12.1. The van der Waals surface area contributed by atoms with E-state index < -0.39 is 6.04 Å². The number of nitrogens with two attached hydrogens (primary N) is 1. The number of carbonyl (C=O) groups excluding carboxylic acids is 2. The molecule has 0 aliphatic carbocycles. The summed E-state index contributed by atoms with van der Waals surface area (Å²) in [5.74, 6) is 5.45. The molecule has 106 valence electrons. The van der Waals surface area contributed by atoms with Gasteiger partial charge in [-0.15, -0.1) is 11.3 Å². The van der Waals surface area contributed by atoms with Gasteiger partial charge >= 0.3 is 0 Å². The average Bonchev–Trinajstić information content (AvgIpc) is 2.92. The Balaban J connectivity index is 2.26. The van der Waals surface area contributed by atoms with Crippen LogP contribution in [0.25, 0.3) is 0 Å². The molecule has 1 unspecified atom stereocenters. The van der Waals surface area contributed by atoms with Gasteiger partial charge in [-0.2, -0.15) is 0 Å². The van der Waals surface area contributed by atoms with Gasteiger partial charge in [-0.1, -0.05) is 18.8 Å². The molecule has 0 aromatic carbocycles. The van der Waals surface area contributed by atoms with Gasteiger partial charge in [-0.25, -0.2) is 0 Å². The molecule has 1 aliphatic rings. The molecule has 0 spiro atoms. The Morgan fingerprint density at radius 3 is 3.15 bits per heavy atom. The maximum absolute atomic E-state index is 12.6. The van der Waals surface area contributed by atoms with Crippen LogP contribution in [0.15, 0.2) is 11.4 Å². The van der Waals surface area contributed by atoms with Crippen molar-refractivity contribution in [3.8, 4) is 11.8 Å². The van der Waals surface area contributed by atoms with Crippen molar-refractivity contribution in [3.05, 3.63) is 21.9 Å². The van der Waals surface area contributed by atoms with Gasteiger partial charge in [-0.3, -0.25) is 9.59 Å². The fourth-order valence-corrected chi connectivity index (χ4v) is 3.02. The van der Waals surface area contributed by atoms with Crippen LogP contribution in [-0.2, 0) is 4.79 Å². The average molecular weight is 291 g/mol. The first-order valence-corrected chi connectivity index (χ1v) is 7.42. The summed E-state index contributed by atoms with van der Waals surface area (Å²) in [7, 11) is 0. The minimum atomic E-state index is -0.395. The van der Waals surface area contributed by atoms with Crippen molar-refractivity contribution >= 4 is 23.2 Å². The SMILES string of the molecule is CCC1C(=O)NCCN1C(=O)c1sccc1C#CCN. The molecule has 6 heteroatoms. The molecule has 1 aromatic rings. The second-order valence-corrected chi connectivity index (χ2v) is 5.30. The van der Waals surface area contributed by atoms with Crippen molar-refractivity contribution in [1.82, 2.24) is 10.2 Å². The van der Waals surface area contributed by atoms with Gasteiger partial charge in [0.25, 0.3) is 5.91 Å². The molecular formula is C14H17N3O2S. The van der Waals surface area contributed by atoms with E-state index in [2.05, 4.69) is 17.2 Å². The Morgan fingerprint density at radius 1 is 1.65 bits per heavy atom. The smallest absolute Gasteiger partial charge is 0.265 e. The predicted molar refractivity (Wildman–Crippen MR) is 78.4 cm³/mol. The van der Waals surface area contributed by atoms with Gasteiger partial charge in [0.05, 0.1) is 6.54 Å². The van der Waals surface area contributed by atoms with Crippen LogP contribution >= 0.6 is 11.3 Å². The third-order valence-corrected chi connectivity index (χ3v) is 4.07. The van der Waals surface area contributed by atoms with Crippen LogP contribution in [0.2, 0.25) is 0 Å². The maximum atomic E-state index is 12.6. The summed E-state index contributed by atoms with van der Waals surface area (Å²) in [4.78, 5) is 26.7. The normalized spacial score (nSPS) is 18.2. The minimum Gasteiger partial charge on any atom is -0.353 e. The zero-order valence-electron chi connectivity index (χ0n) is 11.3. The Morgan fingerprint density at radius 2 is 2.45 bits per heavy atom. The lowest BCUT2D eigenvalue weighted by atomic mass is 10.1. The molecule has 5 nitrogen and oxygen atoms in total. The van der Waals surface area contributed by atoms with Crippen molar-refractivity contribution in [3.63, 3.8) is 0 Å². The van der Waals surface area contributed by atoms with Gasteiger partial charge in [-0.05, 0) is 17.9 Å². The fraction of sp³-hybridized carbons (Fsp3) is 0.429. The fourth-order valence-electron chi connectivity index (χ4n) is 2.21.